The van der Waals surface area contributed by atoms with E-state index >= 15 is 0 Å². The minimum atomic E-state index is -0.965. The third-order valence-corrected chi connectivity index (χ3v) is 2.32. The molecule has 1 amide bonds. The van der Waals surface area contributed by atoms with E-state index in [0.717, 1.165) is 0 Å². The van der Waals surface area contributed by atoms with Crippen molar-refractivity contribution in [1.82, 2.24) is 0 Å². The molecule has 0 aromatic heterocycles. The average Bonchev–Trinajstić information content (AvgIpc) is 1.79. The Morgan fingerprint density at radius 2 is 2.23 bits per heavy atom. The molecule has 1 rings (SSSR count). The fourth-order valence-corrected chi connectivity index (χ4v) is 1.92. The van der Waals surface area contributed by atoms with Crippen LogP contribution in [0.1, 0.15) is 33.1 Å². The van der Waals surface area contributed by atoms with Crippen LogP contribution >= 0.6 is 0 Å². The third kappa shape index (κ3) is 2.97. The smallest absolute Gasteiger partial charge is 0.220 e. The van der Waals surface area contributed by atoms with E-state index in [1.54, 1.807) is 0 Å². The Hall–Kier alpha value is -0.610. The molecule has 1 aliphatic heterocycles. The number of amides is 1. The van der Waals surface area contributed by atoms with Gasteiger partial charge in [0.1, 0.15) is 0 Å². The van der Waals surface area contributed by atoms with Gasteiger partial charge in [-0.15, -0.1) is 0 Å². The Morgan fingerprint density at radius 3 is 2.69 bits per heavy atom. The van der Waals surface area contributed by atoms with Gasteiger partial charge in [-0.1, -0.05) is 0 Å². The van der Waals surface area contributed by atoms with E-state index in [2.05, 4.69) is 0 Å². The van der Waals surface area contributed by atoms with Crippen LogP contribution in [0.3, 0.4) is 0 Å². The van der Waals surface area contributed by atoms with Gasteiger partial charge in [0.2, 0.25) is 5.91 Å². The highest BCUT2D eigenvalue weighted by atomic mass is 16.5. The Morgan fingerprint density at radius 1 is 1.62 bits per heavy atom. The Kier molecular flexibility index (Phi) is 2.63. The first-order valence-corrected chi connectivity index (χ1v) is 4.48. The predicted molar refractivity (Wildman–Crippen MR) is 48.0 cm³/mol. The number of hydrogen-bond acceptors (Lipinski definition) is 3. The van der Waals surface area contributed by atoms with Crippen molar-refractivity contribution in [2.24, 2.45) is 5.73 Å². The fourth-order valence-electron chi connectivity index (χ4n) is 1.92. The zero-order valence-corrected chi connectivity index (χ0v) is 8.17. The summed E-state index contributed by atoms with van der Waals surface area (Å²) < 4.78 is 5.43. The normalized spacial score (nSPS) is 32.8. The van der Waals surface area contributed by atoms with Gasteiger partial charge >= 0.3 is 0 Å². The molecule has 1 heterocycles. The van der Waals surface area contributed by atoms with Gasteiger partial charge in [0, 0.05) is 12.8 Å². The number of aliphatic hydroxyl groups is 1. The lowest BCUT2D eigenvalue weighted by Gasteiger charge is -2.40. The number of carbonyl (C=O) groups excluding carboxylic acids is 1. The molecule has 0 spiro atoms. The number of primary amides is 1. The molecule has 0 saturated carbocycles. The Labute approximate surface area is 78.1 Å². The number of nitrogens with two attached hydrogens (primary N) is 1. The van der Waals surface area contributed by atoms with E-state index in [9.17, 15) is 9.90 Å². The Balaban J connectivity index is 2.63. The van der Waals surface area contributed by atoms with Gasteiger partial charge in [-0.25, -0.2) is 0 Å². The molecule has 0 radical (unpaired) electrons. The van der Waals surface area contributed by atoms with Crippen molar-refractivity contribution in [3.63, 3.8) is 0 Å². The second-order valence-electron chi connectivity index (χ2n) is 4.40. The maximum atomic E-state index is 10.7. The van der Waals surface area contributed by atoms with E-state index in [1.165, 1.54) is 0 Å². The summed E-state index contributed by atoms with van der Waals surface area (Å²) in [6.45, 7) is 4.28. The molecule has 4 nitrogen and oxygen atoms in total. The molecule has 4 heteroatoms. The van der Waals surface area contributed by atoms with E-state index in [1.807, 2.05) is 13.8 Å². The highest BCUT2D eigenvalue weighted by Gasteiger charge is 2.40. The topological polar surface area (TPSA) is 72.5 Å². The van der Waals surface area contributed by atoms with Crippen LogP contribution < -0.4 is 5.73 Å². The summed E-state index contributed by atoms with van der Waals surface area (Å²) >= 11 is 0. The maximum Gasteiger partial charge on any atom is 0.220 e. The Bertz CT molecular complexity index is 215. The summed E-state index contributed by atoms with van der Waals surface area (Å²) in [7, 11) is 0. The largest absolute Gasteiger partial charge is 0.389 e. The highest BCUT2D eigenvalue weighted by molar-refractivity contribution is 5.74. The predicted octanol–water partition coefficient (Wildman–Crippen LogP) is 0.182. The van der Waals surface area contributed by atoms with Crippen LogP contribution in [0.5, 0.6) is 0 Å². The molecule has 1 fully saturated rings. The van der Waals surface area contributed by atoms with Crippen molar-refractivity contribution in [3.8, 4) is 0 Å². The van der Waals surface area contributed by atoms with Gasteiger partial charge < -0.3 is 15.6 Å². The van der Waals surface area contributed by atoms with Crippen LogP contribution in [-0.4, -0.2) is 28.8 Å². The van der Waals surface area contributed by atoms with E-state index in [0.29, 0.717) is 19.4 Å². The summed E-state index contributed by atoms with van der Waals surface area (Å²) in [6.07, 6.45) is 0.974. The first-order chi connectivity index (χ1) is 5.83. The molecule has 1 unspecified atom stereocenters. The van der Waals surface area contributed by atoms with Crippen LogP contribution in [-0.2, 0) is 9.53 Å². The standard InChI is InChI=1S/C9H17NO3/c1-8(2)6-9(12,3-4-13-8)5-7(10)11/h12H,3-6H2,1-2H3,(H2,10,11). The van der Waals surface area contributed by atoms with Crippen LogP contribution in [0.25, 0.3) is 0 Å². The average molecular weight is 187 g/mol. The lowest BCUT2D eigenvalue weighted by atomic mass is 9.82. The molecule has 76 valence electrons. The van der Waals surface area contributed by atoms with Gasteiger partial charge in [-0.3, -0.25) is 4.79 Å². The van der Waals surface area contributed by atoms with Crippen molar-refractivity contribution in [2.45, 2.75) is 44.3 Å². The number of hydrogen-bond donors (Lipinski definition) is 2. The third-order valence-electron chi connectivity index (χ3n) is 2.32. The quantitative estimate of drug-likeness (QED) is 0.647. The second kappa shape index (κ2) is 3.27. The molecule has 0 aromatic rings. The first kappa shape index (κ1) is 10.5. The summed E-state index contributed by atoms with van der Waals surface area (Å²) in [6, 6.07) is 0. The monoisotopic (exact) mass is 187 g/mol. The van der Waals surface area contributed by atoms with Crippen molar-refractivity contribution in [3.05, 3.63) is 0 Å². The second-order valence-corrected chi connectivity index (χ2v) is 4.40. The van der Waals surface area contributed by atoms with Crippen LogP contribution in [0, 0.1) is 0 Å². The van der Waals surface area contributed by atoms with Crippen LogP contribution in [0.4, 0.5) is 0 Å². The van der Waals surface area contributed by atoms with Gasteiger partial charge in [-0.2, -0.15) is 0 Å². The molecular formula is C9H17NO3. The van der Waals surface area contributed by atoms with Gasteiger partial charge in [0.05, 0.1) is 24.2 Å². The van der Waals surface area contributed by atoms with Crippen molar-refractivity contribution in [2.75, 3.05) is 6.61 Å². The zero-order chi connectivity index (χ0) is 10.1. The summed E-state index contributed by atoms with van der Waals surface area (Å²) in [5, 5.41) is 10.00. The fraction of sp³-hybridized carbons (Fsp3) is 0.889. The molecule has 0 aliphatic carbocycles. The first-order valence-electron chi connectivity index (χ1n) is 4.48. The molecule has 1 atom stereocenters. The minimum absolute atomic E-state index is 0.0276. The molecule has 0 aromatic carbocycles. The van der Waals surface area contributed by atoms with Gasteiger partial charge in [-0.05, 0) is 13.8 Å². The zero-order valence-electron chi connectivity index (χ0n) is 8.17. The van der Waals surface area contributed by atoms with Crippen molar-refractivity contribution >= 4 is 5.91 Å². The van der Waals surface area contributed by atoms with Gasteiger partial charge in [0.15, 0.2) is 0 Å². The number of carbonyl (C=O) groups is 1. The van der Waals surface area contributed by atoms with Crippen molar-refractivity contribution in [1.29, 1.82) is 0 Å². The van der Waals surface area contributed by atoms with Crippen LogP contribution in [0.15, 0.2) is 0 Å². The molecule has 13 heavy (non-hydrogen) atoms. The minimum Gasteiger partial charge on any atom is -0.389 e. The molecule has 1 aliphatic rings. The molecule has 1 saturated heterocycles. The summed E-state index contributed by atoms with van der Waals surface area (Å²) in [4.78, 5) is 10.7. The maximum absolute atomic E-state index is 10.7. The number of rotatable bonds is 2. The lowest BCUT2D eigenvalue weighted by molar-refractivity contribution is -0.153. The summed E-state index contributed by atoms with van der Waals surface area (Å²) in [5.74, 6) is -0.458. The molecular weight excluding hydrogens is 170 g/mol. The molecule has 0 bridgehead atoms. The van der Waals surface area contributed by atoms with E-state index in [4.69, 9.17) is 10.5 Å². The van der Waals surface area contributed by atoms with Gasteiger partial charge in [0.25, 0.3) is 0 Å². The van der Waals surface area contributed by atoms with E-state index in [-0.39, 0.29) is 12.0 Å². The lowest BCUT2D eigenvalue weighted by Crippen LogP contribution is -2.47. The number of ether oxygens (including phenoxy) is 1. The van der Waals surface area contributed by atoms with Crippen molar-refractivity contribution < 1.29 is 14.6 Å². The summed E-state index contributed by atoms with van der Waals surface area (Å²) in [5.41, 5.74) is 3.73. The molecule has 3 N–H and O–H groups in total. The van der Waals surface area contributed by atoms with Crippen LogP contribution in [0.2, 0.25) is 0 Å². The van der Waals surface area contributed by atoms with E-state index < -0.39 is 11.5 Å². The SMILES string of the molecule is CC1(C)CC(O)(CC(N)=O)CCO1. The highest BCUT2D eigenvalue weighted by Crippen LogP contribution is 2.33.